The number of nitrogens with one attached hydrogen (secondary N) is 1. The van der Waals surface area contributed by atoms with Gasteiger partial charge in [0, 0.05) is 19.3 Å². The van der Waals surface area contributed by atoms with E-state index in [2.05, 4.69) is 17.2 Å². The molecule has 128 valence electrons. The molecule has 2 aliphatic heterocycles. The number of hydrogen-bond donors (Lipinski definition) is 1. The monoisotopic (exact) mass is 330 g/mol. The smallest absolute Gasteiger partial charge is 0.325 e. The first-order valence-electron chi connectivity index (χ1n) is 8.25. The predicted molar refractivity (Wildman–Crippen MR) is 86.8 cm³/mol. The minimum absolute atomic E-state index is 0.185. The Balaban J connectivity index is 1.74. The molecular formula is C17H22N4O3. The van der Waals surface area contributed by atoms with Gasteiger partial charge in [-0.15, -0.1) is 0 Å². The number of aromatic nitrogens is 1. The number of urea groups is 1. The molecule has 0 aliphatic carbocycles. The molecule has 2 fully saturated rings. The maximum atomic E-state index is 12.8. The number of carbonyl (C=O) groups excluding carboxylic acids is 3. The predicted octanol–water partition coefficient (Wildman–Crippen LogP) is 1.11. The van der Waals surface area contributed by atoms with E-state index in [0.29, 0.717) is 24.7 Å². The van der Waals surface area contributed by atoms with Crippen LogP contribution in [0.25, 0.3) is 0 Å². The van der Waals surface area contributed by atoms with Gasteiger partial charge in [-0.2, -0.15) is 0 Å². The average molecular weight is 330 g/mol. The standard InChI is InChI=1S/C17H22N4O3/c1-12-6-5-9-20(10-12)14(22)11-21-15(23)17(2,19-16(21)24)13-7-3-4-8-18-13/h3-4,7-8,12H,5-6,9-11H2,1-2H3,(H,19,24)/t12-,17+/m1/s1. The number of carbonyl (C=O) groups is 3. The Morgan fingerprint density at radius 1 is 1.42 bits per heavy atom. The van der Waals surface area contributed by atoms with Crippen LogP contribution in [0.2, 0.25) is 0 Å². The van der Waals surface area contributed by atoms with Gasteiger partial charge in [0.05, 0.1) is 5.69 Å². The minimum Gasteiger partial charge on any atom is -0.341 e. The van der Waals surface area contributed by atoms with Crippen LogP contribution in [0.4, 0.5) is 4.79 Å². The molecule has 24 heavy (non-hydrogen) atoms. The van der Waals surface area contributed by atoms with Gasteiger partial charge in [0.15, 0.2) is 5.54 Å². The van der Waals surface area contributed by atoms with E-state index in [4.69, 9.17) is 0 Å². The molecule has 1 aromatic rings. The quantitative estimate of drug-likeness (QED) is 0.842. The number of pyridine rings is 1. The molecule has 0 bridgehead atoms. The van der Waals surface area contributed by atoms with Crippen molar-refractivity contribution < 1.29 is 14.4 Å². The van der Waals surface area contributed by atoms with Crippen LogP contribution in [-0.4, -0.2) is 52.3 Å². The maximum absolute atomic E-state index is 12.8. The zero-order chi connectivity index (χ0) is 17.3. The van der Waals surface area contributed by atoms with Gasteiger partial charge in [0.1, 0.15) is 6.54 Å². The van der Waals surface area contributed by atoms with Gasteiger partial charge in [-0.25, -0.2) is 4.79 Å². The van der Waals surface area contributed by atoms with Gasteiger partial charge >= 0.3 is 6.03 Å². The van der Waals surface area contributed by atoms with E-state index in [1.807, 2.05) is 0 Å². The summed E-state index contributed by atoms with van der Waals surface area (Å²) in [7, 11) is 0. The van der Waals surface area contributed by atoms with Crippen molar-refractivity contribution in [3.8, 4) is 0 Å². The second-order valence-electron chi connectivity index (χ2n) is 6.75. The van der Waals surface area contributed by atoms with Crippen molar-refractivity contribution in [1.29, 1.82) is 0 Å². The Labute approximate surface area is 141 Å². The third-order valence-electron chi connectivity index (χ3n) is 4.76. The van der Waals surface area contributed by atoms with E-state index in [1.54, 1.807) is 36.2 Å². The average Bonchev–Trinajstić information content (AvgIpc) is 2.80. The summed E-state index contributed by atoms with van der Waals surface area (Å²) in [6.07, 6.45) is 3.63. The van der Waals surface area contributed by atoms with Crippen LogP contribution in [0.5, 0.6) is 0 Å². The van der Waals surface area contributed by atoms with Crippen LogP contribution in [-0.2, 0) is 15.1 Å². The summed E-state index contributed by atoms with van der Waals surface area (Å²) in [4.78, 5) is 44.4. The molecule has 0 aromatic carbocycles. The van der Waals surface area contributed by atoms with E-state index < -0.39 is 17.5 Å². The van der Waals surface area contributed by atoms with Gasteiger partial charge in [-0.05, 0) is 37.8 Å². The number of amides is 4. The topological polar surface area (TPSA) is 82.6 Å². The van der Waals surface area contributed by atoms with Crippen molar-refractivity contribution in [1.82, 2.24) is 20.1 Å². The molecule has 3 heterocycles. The lowest BCUT2D eigenvalue weighted by atomic mass is 9.97. The first kappa shape index (κ1) is 16.4. The van der Waals surface area contributed by atoms with Crippen LogP contribution in [0.15, 0.2) is 24.4 Å². The number of imide groups is 1. The van der Waals surface area contributed by atoms with Crippen LogP contribution in [0.1, 0.15) is 32.4 Å². The lowest BCUT2D eigenvalue weighted by molar-refractivity contribution is -0.139. The van der Waals surface area contributed by atoms with E-state index in [1.165, 1.54) is 0 Å². The summed E-state index contributed by atoms with van der Waals surface area (Å²) in [5.41, 5.74) is -0.765. The summed E-state index contributed by atoms with van der Waals surface area (Å²) in [5, 5.41) is 2.67. The van der Waals surface area contributed by atoms with Crippen molar-refractivity contribution in [2.75, 3.05) is 19.6 Å². The largest absolute Gasteiger partial charge is 0.341 e. The van der Waals surface area contributed by atoms with Crippen LogP contribution in [0.3, 0.4) is 0 Å². The Kier molecular flexibility index (Phi) is 4.26. The van der Waals surface area contributed by atoms with E-state index in [-0.39, 0.29) is 12.5 Å². The highest BCUT2D eigenvalue weighted by molar-refractivity contribution is 6.08. The van der Waals surface area contributed by atoms with E-state index in [0.717, 1.165) is 17.7 Å². The summed E-state index contributed by atoms with van der Waals surface area (Å²) in [6.45, 7) is 4.86. The summed E-state index contributed by atoms with van der Waals surface area (Å²) >= 11 is 0. The molecule has 2 saturated heterocycles. The Morgan fingerprint density at radius 3 is 2.88 bits per heavy atom. The maximum Gasteiger partial charge on any atom is 0.325 e. The molecule has 7 heteroatoms. The molecule has 0 saturated carbocycles. The molecule has 7 nitrogen and oxygen atoms in total. The summed E-state index contributed by atoms with van der Waals surface area (Å²) in [6, 6.07) is 4.64. The van der Waals surface area contributed by atoms with Crippen molar-refractivity contribution in [2.45, 2.75) is 32.2 Å². The fourth-order valence-electron chi connectivity index (χ4n) is 3.32. The molecule has 0 unspecified atom stereocenters. The number of piperidine rings is 1. The number of likely N-dealkylation sites (tertiary alicyclic amines) is 1. The first-order chi connectivity index (χ1) is 11.4. The van der Waals surface area contributed by atoms with Crippen molar-refractivity contribution in [3.05, 3.63) is 30.1 Å². The second kappa shape index (κ2) is 6.22. The van der Waals surface area contributed by atoms with Crippen molar-refractivity contribution in [2.24, 2.45) is 5.92 Å². The van der Waals surface area contributed by atoms with Crippen LogP contribution >= 0.6 is 0 Å². The van der Waals surface area contributed by atoms with Crippen molar-refractivity contribution in [3.63, 3.8) is 0 Å². The van der Waals surface area contributed by atoms with Crippen LogP contribution < -0.4 is 5.32 Å². The SMILES string of the molecule is C[C@@H]1CCCN(C(=O)CN2C(=O)N[C@@](C)(c3ccccn3)C2=O)C1. The van der Waals surface area contributed by atoms with Gasteiger partial charge < -0.3 is 10.2 Å². The minimum atomic E-state index is -1.23. The zero-order valence-electron chi connectivity index (χ0n) is 14.0. The molecule has 0 spiro atoms. The van der Waals surface area contributed by atoms with Gasteiger partial charge in [-0.3, -0.25) is 19.5 Å². The molecule has 4 amide bonds. The highest BCUT2D eigenvalue weighted by Gasteiger charge is 2.50. The summed E-state index contributed by atoms with van der Waals surface area (Å²) in [5.74, 6) is -0.176. The number of rotatable bonds is 3. The Morgan fingerprint density at radius 2 is 2.21 bits per heavy atom. The molecule has 2 aliphatic rings. The fraction of sp³-hybridized carbons (Fsp3) is 0.529. The lowest BCUT2D eigenvalue weighted by Crippen LogP contribution is -2.47. The molecular weight excluding hydrogens is 308 g/mol. The normalized spacial score (nSPS) is 27.3. The second-order valence-corrected chi connectivity index (χ2v) is 6.75. The number of hydrogen-bond acceptors (Lipinski definition) is 4. The van der Waals surface area contributed by atoms with Gasteiger partial charge in [0.2, 0.25) is 5.91 Å². The molecule has 3 rings (SSSR count). The van der Waals surface area contributed by atoms with Crippen molar-refractivity contribution >= 4 is 17.8 Å². The van der Waals surface area contributed by atoms with Gasteiger partial charge in [-0.1, -0.05) is 13.0 Å². The first-order valence-corrected chi connectivity index (χ1v) is 8.25. The van der Waals surface area contributed by atoms with E-state index >= 15 is 0 Å². The molecule has 2 atom stereocenters. The highest BCUT2D eigenvalue weighted by atomic mass is 16.2. The third kappa shape index (κ3) is 2.86. The lowest BCUT2D eigenvalue weighted by Gasteiger charge is -2.31. The Bertz CT molecular complexity index is 663. The molecule has 0 radical (unpaired) electrons. The van der Waals surface area contributed by atoms with Crippen LogP contribution in [0, 0.1) is 5.92 Å². The van der Waals surface area contributed by atoms with E-state index in [9.17, 15) is 14.4 Å². The number of nitrogens with zero attached hydrogens (tertiary/aromatic N) is 3. The Hall–Kier alpha value is -2.44. The fourth-order valence-corrected chi connectivity index (χ4v) is 3.32. The molecule has 1 aromatic heterocycles. The zero-order valence-corrected chi connectivity index (χ0v) is 14.0. The third-order valence-corrected chi connectivity index (χ3v) is 4.76. The molecule has 1 N–H and O–H groups in total. The summed E-state index contributed by atoms with van der Waals surface area (Å²) < 4.78 is 0. The highest BCUT2D eigenvalue weighted by Crippen LogP contribution is 2.27. The van der Waals surface area contributed by atoms with Gasteiger partial charge in [0.25, 0.3) is 5.91 Å².